The summed E-state index contributed by atoms with van der Waals surface area (Å²) in [5, 5.41) is 8.72. The van der Waals surface area contributed by atoms with E-state index in [-0.39, 0.29) is 12.6 Å². The molecule has 12 heavy (non-hydrogen) atoms. The largest absolute Gasteiger partial charge is 0.395 e. The molecule has 0 spiro atoms. The van der Waals surface area contributed by atoms with Crippen LogP contribution in [0, 0.1) is 0 Å². The lowest BCUT2D eigenvalue weighted by Crippen LogP contribution is -2.41. The van der Waals surface area contributed by atoms with Crippen LogP contribution in [0.3, 0.4) is 0 Å². The molecule has 0 aromatic heterocycles. The predicted octanol–water partition coefficient (Wildman–Crippen LogP) is -0.726. The van der Waals surface area contributed by atoms with Gasteiger partial charge >= 0.3 is 0 Å². The maximum atomic E-state index is 8.72. The second-order valence-electron chi connectivity index (χ2n) is 2.83. The van der Waals surface area contributed by atoms with Crippen LogP contribution in [0.4, 0.5) is 0 Å². The third-order valence-electron chi connectivity index (χ3n) is 1.79. The van der Waals surface area contributed by atoms with Crippen molar-refractivity contribution in [3.8, 4) is 0 Å². The van der Waals surface area contributed by atoms with Crippen LogP contribution in [0.5, 0.6) is 0 Å². The number of rotatable bonds is 7. The summed E-state index contributed by atoms with van der Waals surface area (Å²) in [6.07, 6.45) is 0. The molecule has 0 aromatic rings. The average Bonchev–Trinajstić information content (AvgIpc) is 2.11. The van der Waals surface area contributed by atoms with Gasteiger partial charge in [0.1, 0.15) is 0 Å². The van der Waals surface area contributed by atoms with Crippen LogP contribution >= 0.6 is 0 Å². The molecule has 0 aliphatic heterocycles. The van der Waals surface area contributed by atoms with Crippen LogP contribution in [0.15, 0.2) is 0 Å². The van der Waals surface area contributed by atoms with Crippen LogP contribution in [-0.2, 0) is 4.74 Å². The van der Waals surface area contributed by atoms with Gasteiger partial charge in [0.2, 0.25) is 0 Å². The highest BCUT2D eigenvalue weighted by Crippen LogP contribution is 1.89. The van der Waals surface area contributed by atoms with Gasteiger partial charge in [0.15, 0.2) is 0 Å². The van der Waals surface area contributed by atoms with Gasteiger partial charge in [-0.05, 0) is 6.54 Å². The predicted molar refractivity (Wildman–Crippen MR) is 49.1 cm³/mol. The van der Waals surface area contributed by atoms with Crippen molar-refractivity contribution in [3.05, 3.63) is 0 Å². The fourth-order valence-corrected chi connectivity index (χ4v) is 0.988. The standard InChI is InChI=1S/C8H20N2O2/c1-3-10(4-5-12-2)6-8(9)7-11/h8,11H,3-7,9H2,1-2H3. The number of aliphatic hydroxyl groups is 1. The van der Waals surface area contributed by atoms with Gasteiger partial charge < -0.3 is 15.6 Å². The first-order chi connectivity index (χ1) is 5.74. The van der Waals surface area contributed by atoms with E-state index in [4.69, 9.17) is 15.6 Å². The third kappa shape index (κ3) is 5.49. The Morgan fingerprint density at radius 3 is 2.67 bits per heavy atom. The summed E-state index contributed by atoms with van der Waals surface area (Å²) >= 11 is 0. The highest BCUT2D eigenvalue weighted by Gasteiger charge is 2.06. The molecule has 0 saturated carbocycles. The first-order valence-corrected chi connectivity index (χ1v) is 4.32. The lowest BCUT2D eigenvalue weighted by Gasteiger charge is -2.22. The van der Waals surface area contributed by atoms with Gasteiger partial charge in [-0.2, -0.15) is 0 Å². The van der Waals surface area contributed by atoms with Crippen molar-refractivity contribution in [2.24, 2.45) is 5.73 Å². The van der Waals surface area contributed by atoms with Crippen molar-refractivity contribution < 1.29 is 9.84 Å². The van der Waals surface area contributed by atoms with Crippen LogP contribution in [0.1, 0.15) is 6.92 Å². The number of hydrogen-bond acceptors (Lipinski definition) is 4. The van der Waals surface area contributed by atoms with Crippen LogP contribution in [0.2, 0.25) is 0 Å². The quantitative estimate of drug-likeness (QED) is 0.537. The van der Waals surface area contributed by atoms with E-state index < -0.39 is 0 Å². The van der Waals surface area contributed by atoms with Crippen LogP contribution in [-0.4, -0.2) is 56.0 Å². The monoisotopic (exact) mass is 176 g/mol. The molecule has 4 nitrogen and oxygen atoms in total. The summed E-state index contributed by atoms with van der Waals surface area (Å²) in [7, 11) is 1.68. The molecule has 0 fully saturated rings. The Hall–Kier alpha value is -0.160. The zero-order valence-corrected chi connectivity index (χ0v) is 7.99. The molecule has 74 valence electrons. The highest BCUT2D eigenvalue weighted by atomic mass is 16.5. The topological polar surface area (TPSA) is 58.7 Å². The summed E-state index contributed by atoms with van der Waals surface area (Å²) in [6, 6.07) is -0.137. The molecule has 0 saturated heterocycles. The number of methoxy groups -OCH3 is 1. The number of likely N-dealkylation sites (N-methyl/N-ethyl adjacent to an activating group) is 1. The average molecular weight is 176 g/mol. The van der Waals surface area contributed by atoms with E-state index in [1.807, 2.05) is 0 Å². The number of nitrogens with zero attached hydrogens (tertiary/aromatic N) is 1. The van der Waals surface area contributed by atoms with E-state index in [1.165, 1.54) is 0 Å². The fraction of sp³-hybridized carbons (Fsp3) is 1.00. The Kier molecular flexibility index (Phi) is 7.39. The molecule has 1 unspecified atom stereocenters. The SMILES string of the molecule is CCN(CCOC)CC(N)CO. The molecular formula is C8H20N2O2. The van der Waals surface area contributed by atoms with Gasteiger partial charge in [-0.15, -0.1) is 0 Å². The zero-order valence-electron chi connectivity index (χ0n) is 7.99. The molecule has 4 heteroatoms. The highest BCUT2D eigenvalue weighted by molar-refractivity contribution is 4.65. The minimum atomic E-state index is -0.137. The molecule has 0 radical (unpaired) electrons. The van der Waals surface area contributed by atoms with E-state index in [1.54, 1.807) is 7.11 Å². The van der Waals surface area contributed by atoms with Gasteiger partial charge in [0.25, 0.3) is 0 Å². The minimum absolute atomic E-state index is 0.0451. The summed E-state index contributed by atoms with van der Waals surface area (Å²) in [4.78, 5) is 2.16. The van der Waals surface area contributed by atoms with Crippen molar-refractivity contribution in [1.29, 1.82) is 0 Å². The summed E-state index contributed by atoms with van der Waals surface area (Å²) in [6.45, 7) is 5.38. The Morgan fingerprint density at radius 2 is 2.25 bits per heavy atom. The Balaban J connectivity index is 3.51. The Bertz CT molecular complexity index is 101. The lowest BCUT2D eigenvalue weighted by molar-refractivity contribution is 0.138. The summed E-state index contributed by atoms with van der Waals surface area (Å²) in [5.41, 5.74) is 5.59. The normalized spacial score (nSPS) is 13.8. The van der Waals surface area contributed by atoms with Gasteiger partial charge in [-0.3, -0.25) is 4.90 Å². The van der Waals surface area contributed by atoms with E-state index in [9.17, 15) is 0 Å². The first-order valence-electron chi connectivity index (χ1n) is 4.32. The molecule has 0 aliphatic carbocycles. The number of ether oxygens (including phenoxy) is 1. The van der Waals surface area contributed by atoms with Crippen LogP contribution < -0.4 is 5.73 Å². The smallest absolute Gasteiger partial charge is 0.0595 e. The van der Waals surface area contributed by atoms with Gasteiger partial charge in [-0.1, -0.05) is 6.92 Å². The summed E-state index contributed by atoms with van der Waals surface area (Å²) < 4.78 is 4.94. The van der Waals surface area contributed by atoms with Crippen molar-refractivity contribution in [1.82, 2.24) is 4.90 Å². The molecule has 0 heterocycles. The Labute approximate surface area is 74.3 Å². The van der Waals surface area contributed by atoms with Gasteiger partial charge in [0, 0.05) is 26.2 Å². The van der Waals surface area contributed by atoms with Gasteiger partial charge in [-0.25, -0.2) is 0 Å². The number of nitrogens with two attached hydrogens (primary N) is 1. The second kappa shape index (κ2) is 7.49. The zero-order chi connectivity index (χ0) is 9.40. The third-order valence-corrected chi connectivity index (χ3v) is 1.79. The van der Waals surface area contributed by atoms with E-state index in [0.29, 0.717) is 6.61 Å². The lowest BCUT2D eigenvalue weighted by atomic mass is 10.3. The molecule has 0 aliphatic rings. The molecular weight excluding hydrogens is 156 g/mol. The van der Waals surface area contributed by atoms with Crippen LogP contribution in [0.25, 0.3) is 0 Å². The van der Waals surface area contributed by atoms with Crippen molar-refractivity contribution in [3.63, 3.8) is 0 Å². The Morgan fingerprint density at radius 1 is 1.58 bits per heavy atom. The van der Waals surface area contributed by atoms with E-state index >= 15 is 0 Å². The second-order valence-corrected chi connectivity index (χ2v) is 2.83. The molecule has 3 N–H and O–H groups in total. The van der Waals surface area contributed by atoms with Crippen molar-refractivity contribution in [2.75, 3.05) is 40.0 Å². The molecule has 0 amide bonds. The van der Waals surface area contributed by atoms with Crippen molar-refractivity contribution in [2.45, 2.75) is 13.0 Å². The van der Waals surface area contributed by atoms with E-state index in [0.717, 1.165) is 19.6 Å². The number of aliphatic hydroxyl groups excluding tert-OH is 1. The summed E-state index contributed by atoms with van der Waals surface area (Å²) in [5.74, 6) is 0. The maximum Gasteiger partial charge on any atom is 0.0595 e. The number of hydrogen-bond donors (Lipinski definition) is 2. The molecule has 0 aromatic carbocycles. The fourth-order valence-electron chi connectivity index (χ4n) is 0.988. The molecule has 1 atom stereocenters. The minimum Gasteiger partial charge on any atom is -0.395 e. The van der Waals surface area contributed by atoms with Crippen molar-refractivity contribution >= 4 is 0 Å². The molecule has 0 rings (SSSR count). The first kappa shape index (κ1) is 11.8. The van der Waals surface area contributed by atoms with Gasteiger partial charge in [0.05, 0.1) is 13.2 Å². The molecule has 0 bridgehead atoms. The maximum absolute atomic E-state index is 8.72. The van der Waals surface area contributed by atoms with E-state index in [2.05, 4.69) is 11.8 Å².